The molecular formula is C34H34N4. The van der Waals surface area contributed by atoms with Crippen LogP contribution in [0.2, 0.25) is 0 Å². The molecule has 4 nitrogen and oxygen atoms in total. The first-order valence-corrected chi connectivity index (χ1v) is 13.0. The normalized spacial score (nSPS) is 12.5. The van der Waals surface area contributed by atoms with Gasteiger partial charge in [-0.1, -0.05) is 74.5 Å². The molecule has 0 aliphatic heterocycles. The second kappa shape index (κ2) is 11.1. The Hall–Kier alpha value is -4.70. The van der Waals surface area contributed by atoms with Gasteiger partial charge < -0.3 is 22.1 Å². The Balaban J connectivity index is 1.46. The fourth-order valence-electron chi connectivity index (χ4n) is 4.92. The lowest BCUT2D eigenvalue weighted by Crippen LogP contribution is -2.06. The highest BCUT2D eigenvalue weighted by Crippen LogP contribution is 2.37. The van der Waals surface area contributed by atoms with Crippen LogP contribution in [0, 0.1) is 0 Å². The Kier molecular flexibility index (Phi) is 7.32. The first-order valence-electron chi connectivity index (χ1n) is 13.0. The van der Waals surface area contributed by atoms with E-state index in [0.717, 1.165) is 45.3 Å². The maximum atomic E-state index is 6.24. The van der Waals surface area contributed by atoms with Gasteiger partial charge in [0.1, 0.15) is 0 Å². The van der Waals surface area contributed by atoms with Crippen molar-refractivity contribution in [2.45, 2.75) is 25.7 Å². The SMILES string of the molecule is CC(c1cccc(C(C)c2cc(N)ccc2Nc2ccccc2)c1)c1cc(N)ccc1Nc1ccccc1. The van der Waals surface area contributed by atoms with Crippen molar-refractivity contribution < 1.29 is 0 Å². The predicted octanol–water partition coefficient (Wildman–Crippen LogP) is 8.64. The maximum Gasteiger partial charge on any atom is 0.0424 e. The highest BCUT2D eigenvalue weighted by atomic mass is 14.9. The van der Waals surface area contributed by atoms with Gasteiger partial charge in [0, 0.05) is 46.0 Å². The molecule has 5 rings (SSSR count). The lowest BCUT2D eigenvalue weighted by molar-refractivity contribution is 0.890. The topological polar surface area (TPSA) is 76.1 Å². The van der Waals surface area contributed by atoms with E-state index in [9.17, 15) is 0 Å². The molecule has 38 heavy (non-hydrogen) atoms. The van der Waals surface area contributed by atoms with Crippen LogP contribution in [0.5, 0.6) is 0 Å². The molecule has 0 spiro atoms. The van der Waals surface area contributed by atoms with Crippen LogP contribution in [0.15, 0.2) is 121 Å². The Bertz CT molecular complexity index is 1400. The minimum absolute atomic E-state index is 0.139. The Morgan fingerprint density at radius 2 is 0.895 bits per heavy atom. The number of nitrogens with one attached hydrogen (secondary N) is 2. The van der Waals surface area contributed by atoms with Gasteiger partial charge in [-0.25, -0.2) is 0 Å². The van der Waals surface area contributed by atoms with Gasteiger partial charge >= 0.3 is 0 Å². The monoisotopic (exact) mass is 498 g/mol. The molecule has 0 saturated heterocycles. The zero-order valence-corrected chi connectivity index (χ0v) is 21.9. The van der Waals surface area contributed by atoms with Crippen LogP contribution in [0.25, 0.3) is 0 Å². The summed E-state index contributed by atoms with van der Waals surface area (Å²) in [5, 5.41) is 7.15. The van der Waals surface area contributed by atoms with E-state index in [1.807, 2.05) is 48.5 Å². The molecule has 0 aromatic heterocycles. The summed E-state index contributed by atoms with van der Waals surface area (Å²) in [5.74, 6) is 0.277. The van der Waals surface area contributed by atoms with Gasteiger partial charge in [-0.2, -0.15) is 0 Å². The molecule has 5 aromatic carbocycles. The van der Waals surface area contributed by atoms with Crippen molar-refractivity contribution in [3.63, 3.8) is 0 Å². The third-order valence-corrected chi connectivity index (χ3v) is 7.10. The van der Waals surface area contributed by atoms with E-state index in [1.54, 1.807) is 0 Å². The fraction of sp³-hybridized carbons (Fsp3) is 0.118. The lowest BCUT2D eigenvalue weighted by Gasteiger charge is -2.22. The molecule has 0 aliphatic rings. The van der Waals surface area contributed by atoms with E-state index < -0.39 is 0 Å². The molecule has 4 heteroatoms. The molecule has 0 radical (unpaired) electrons. The van der Waals surface area contributed by atoms with E-state index in [1.165, 1.54) is 11.1 Å². The van der Waals surface area contributed by atoms with Gasteiger partial charge in [0.25, 0.3) is 0 Å². The summed E-state index contributed by atoms with van der Waals surface area (Å²) in [6.07, 6.45) is 0. The minimum Gasteiger partial charge on any atom is -0.399 e. The number of benzene rings is 5. The van der Waals surface area contributed by atoms with Crippen LogP contribution in [0.4, 0.5) is 34.1 Å². The van der Waals surface area contributed by atoms with Crippen molar-refractivity contribution >= 4 is 34.1 Å². The summed E-state index contributed by atoms with van der Waals surface area (Å²) in [4.78, 5) is 0. The van der Waals surface area contributed by atoms with Gasteiger partial charge in [-0.3, -0.25) is 0 Å². The summed E-state index contributed by atoms with van der Waals surface area (Å²) >= 11 is 0. The van der Waals surface area contributed by atoms with Crippen molar-refractivity contribution in [3.8, 4) is 0 Å². The third kappa shape index (κ3) is 5.65. The standard InChI is InChI=1S/C34H34N4/c1-23(31-21-27(35)16-18-33(31)37-29-12-5-3-6-13-29)25-10-9-11-26(20-25)24(2)32-22-28(36)17-19-34(32)38-30-14-7-4-8-15-30/h3-24,37-38H,35-36H2,1-2H3. The van der Waals surface area contributed by atoms with Crippen molar-refractivity contribution in [2.24, 2.45) is 0 Å². The second-order valence-corrected chi connectivity index (χ2v) is 9.79. The number of hydrogen-bond acceptors (Lipinski definition) is 4. The number of anilines is 6. The smallest absolute Gasteiger partial charge is 0.0424 e. The predicted molar refractivity (Wildman–Crippen MR) is 163 cm³/mol. The number of rotatable bonds is 8. The molecule has 0 saturated carbocycles. The van der Waals surface area contributed by atoms with Gasteiger partial charge in [-0.05, 0) is 82.9 Å². The third-order valence-electron chi connectivity index (χ3n) is 7.10. The number of para-hydroxylation sites is 2. The number of hydrogen-bond donors (Lipinski definition) is 4. The molecule has 0 aliphatic carbocycles. The van der Waals surface area contributed by atoms with E-state index in [-0.39, 0.29) is 11.8 Å². The summed E-state index contributed by atoms with van der Waals surface area (Å²) in [6.45, 7) is 4.47. The van der Waals surface area contributed by atoms with Crippen molar-refractivity contribution in [1.29, 1.82) is 0 Å². The maximum absolute atomic E-state index is 6.24. The lowest BCUT2D eigenvalue weighted by atomic mass is 9.86. The molecule has 5 aromatic rings. The molecule has 0 fully saturated rings. The van der Waals surface area contributed by atoms with Gasteiger partial charge in [0.15, 0.2) is 0 Å². The summed E-state index contributed by atoms with van der Waals surface area (Å²) < 4.78 is 0. The van der Waals surface area contributed by atoms with Crippen molar-refractivity contribution in [2.75, 3.05) is 22.1 Å². The van der Waals surface area contributed by atoms with Crippen LogP contribution in [-0.2, 0) is 0 Å². The molecule has 0 bridgehead atoms. The van der Waals surface area contributed by atoms with Crippen LogP contribution in [-0.4, -0.2) is 0 Å². The average Bonchev–Trinajstić information content (AvgIpc) is 2.95. The first kappa shape index (κ1) is 25.0. The summed E-state index contributed by atoms with van der Waals surface area (Å²) in [5.41, 5.74) is 23.0. The van der Waals surface area contributed by atoms with Crippen LogP contribution < -0.4 is 22.1 Å². The molecule has 0 amide bonds. The highest BCUT2D eigenvalue weighted by Gasteiger charge is 2.18. The number of nitrogen functional groups attached to an aromatic ring is 2. The van der Waals surface area contributed by atoms with Crippen molar-refractivity contribution in [3.05, 3.63) is 144 Å². The van der Waals surface area contributed by atoms with Crippen molar-refractivity contribution in [1.82, 2.24) is 0 Å². The summed E-state index contributed by atoms with van der Waals surface area (Å²) in [7, 11) is 0. The van der Waals surface area contributed by atoms with Gasteiger partial charge in [-0.15, -0.1) is 0 Å². The zero-order chi connectivity index (χ0) is 26.5. The highest BCUT2D eigenvalue weighted by molar-refractivity contribution is 5.69. The van der Waals surface area contributed by atoms with Crippen LogP contribution >= 0.6 is 0 Å². The molecule has 6 N–H and O–H groups in total. The van der Waals surface area contributed by atoms with E-state index in [4.69, 9.17) is 11.5 Å². The molecule has 2 atom stereocenters. The number of nitrogens with two attached hydrogens (primary N) is 2. The Morgan fingerprint density at radius 3 is 1.32 bits per heavy atom. The van der Waals surface area contributed by atoms with Crippen LogP contribution in [0.3, 0.4) is 0 Å². The first-order chi connectivity index (χ1) is 18.5. The largest absolute Gasteiger partial charge is 0.399 e. The molecular weight excluding hydrogens is 464 g/mol. The minimum atomic E-state index is 0.139. The average molecular weight is 499 g/mol. The zero-order valence-electron chi connectivity index (χ0n) is 21.9. The fourth-order valence-corrected chi connectivity index (χ4v) is 4.92. The molecule has 0 heterocycles. The second-order valence-electron chi connectivity index (χ2n) is 9.79. The van der Waals surface area contributed by atoms with E-state index in [2.05, 4.69) is 97.3 Å². The van der Waals surface area contributed by atoms with Crippen LogP contribution in [0.1, 0.15) is 47.9 Å². The summed E-state index contributed by atoms with van der Waals surface area (Å²) in [6, 6.07) is 41.5. The van der Waals surface area contributed by atoms with E-state index >= 15 is 0 Å². The Labute approximate surface area is 225 Å². The van der Waals surface area contributed by atoms with Gasteiger partial charge in [0.05, 0.1) is 0 Å². The van der Waals surface area contributed by atoms with Gasteiger partial charge in [0.2, 0.25) is 0 Å². The molecule has 2 unspecified atom stereocenters. The Morgan fingerprint density at radius 1 is 0.474 bits per heavy atom. The van der Waals surface area contributed by atoms with E-state index in [0.29, 0.717) is 0 Å². The molecule has 190 valence electrons. The quantitative estimate of drug-likeness (QED) is 0.161.